The van der Waals surface area contributed by atoms with Crippen LogP contribution in [0.4, 0.5) is 4.79 Å². The number of hydrogen-bond donors (Lipinski definition) is 3. The van der Waals surface area contributed by atoms with E-state index in [1.54, 1.807) is 0 Å². The van der Waals surface area contributed by atoms with E-state index in [1.165, 1.54) is 19.3 Å². The zero-order valence-electron chi connectivity index (χ0n) is 7.40. The lowest BCUT2D eigenvalue weighted by Gasteiger charge is -2.17. The van der Waals surface area contributed by atoms with Crippen LogP contribution in [0.2, 0.25) is 0 Å². The summed E-state index contributed by atoms with van der Waals surface area (Å²) in [7, 11) is 0. The van der Waals surface area contributed by atoms with Gasteiger partial charge in [0.05, 0.1) is 0 Å². The molecule has 1 aliphatic rings. The van der Waals surface area contributed by atoms with Crippen LogP contribution >= 0.6 is 0 Å². The molecule has 1 rings (SSSR count). The van der Waals surface area contributed by atoms with Crippen molar-refractivity contribution >= 4 is 12.1 Å². The summed E-state index contributed by atoms with van der Waals surface area (Å²) in [4.78, 5) is 19.1. The van der Waals surface area contributed by atoms with Crippen molar-refractivity contribution in [3.05, 3.63) is 0 Å². The summed E-state index contributed by atoms with van der Waals surface area (Å²) in [5, 5.41) is 13.9. The fraction of sp³-hybridized carbons (Fsp3) is 0.750. The number of amides is 1. The van der Waals surface area contributed by atoms with Gasteiger partial charge in [-0.2, -0.15) is 0 Å². The van der Waals surface area contributed by atoms with Crippen LogP contribution in [0.1, 0.15) is 32.1 Å². The minimum Gasteiger partial charge on any atom is -0.450 e. The van der Waals surface area contributed by atoms with E-state index in [4.69, 9.17) is 20.7 Å². The van der Waals surface area contributed by atoms with Gasteiger partial charge in [-0.3, -0.25) is 4.79 Å². The Kier molecular flexibility index (Phi) is 5.67. The van der Waals surface area contributed by atoms with Crippen LogP contribution in [-0.4, -0.2) is 22.3 Å². The lowest BCUT2D eigenvalue weighted by Crippen LogP contribution is -2.24. The van der Waals surface area contributed by atoms with Gasteiger partial charge in [0, 0.05) is 5.92 Å². The molecular formula is C8H15NO4. The van der Waals surface area contributed by atoms with E-state index in [-0.39, 0.29) is 11.8 Å². The first kappa shape index (κ1) is 11.7. The van der Waals surface area contributed by atoms with Gasteiger partial charge < -0.3 is 15.9 Å². The highest BCUT2D eigenvalue weighted by Crippen LogP contribution is 2.22. The summed E-state index contributed by atoms with van der Waals surface area (Å²) < 4.78 is 0. The van der Waals surface area contributed by atoms with Crippen molar-refractivity contribution in [2.45, 2.75) is 32.1 Å². The SMILES string of the molecule is NC(=O)C1CCCCC1.O=C(O)O. The molecule has 0 unspecified atom stereocenters. The van der Waals surface area contributed by atoms with Crippen molar-refractivity contribution < 1.29 is 19.8 Å². The summed E-state index contributed by atoms with van der Waals surface area (Å²) in [6.45, 7) is 0. The Morgan fingerprint density at radius 2 is 1.46 bits per heavy atom. The second-order valence-electron chi connectivity index (χ2n) is 3.02. The second-order valence-corrected chi connectivity index (χ2v) is 3.02. The molecular weight excluding hydrogens is 174 g/mol. The van der Waals surface area contributed by atoms with Gasteiger partial charge in [-0.15, -0.1) is 0 Å². The number of carbonyl (C=O) groups excluding carboxylic acids is 1. The smallest absolute Gasteiger partial charge is 0.450 e. The predicted molar refractivity (Wildman–Crippen MR) is 46.4 cm³/mol. The average molecular weight is 189 g/mol. The first-order valence-corrected chi connectivity index (χ1v) is 4.25. The molecule has 0 radical (unpaired) electrons. The monoisotopic (exact) mass is 189 g/mol. The van der Waals surface area contributed by atoms with Crippen LogP contribution in [0.3, 0.4) is 0 Å². The van der Waals surface area contributed by atoms with E-state index in [0.717, 1.165) is 12.8 Å². The number of carbonyl (C=O) groups is 2. The summed E-state index contributed by atoms with van der Waals surface area (Å²) >= 11 is 0. The predicted octanol–water partition coefficient (Wildman–Crippen LogP) is 1.27. The molecule has 0 spiro atoms. The van der Waals surface area contributed by atoms with Gasteiger partial charge >= 0.3 is 6.16 Å². The maximum Gasteiger partial charge on any atom is 0.503 e. The van der Waals surface area contributed by atoms with Crippen LogP contribution in [-0.2, 0) is 4.79 Å². The third-order valence-corrected chi connectivity index (χ3v) is 2.01. The topological polar surface area (TPSA) is 101 Å². The molecule has 0 bridgehead atoms. The summed E-state index contributed by atoms with van der Waals surface area (Å²) in [6.07, 6.45) is 3.87. The Bertz CT molecular complexity index is 171. The molecule has 1 aliphatic carbocycles. The highest BCUT2D eigenvalue weighted by atomic mass is 16.6. The molecule has 5 nitrogen and oxygen atoms in total. The van der Waals surface area contributed by atoms with Crippen molar-refractivity contribution in [2.24, 2.45) is 11.7 Å². The highest BCUT2D eigenvalue weighted by molar-refractivity contribution is 5.76. The second kappa shape index (κ2) is 6.28. The molecule has 5 heteroatoms. The van der Waals surface area contributed by atoms with E-state index < -0.39 is 6.16 Å². The average Bonchev–Trinajstić information content (AvgIpc) is 2.05. The number of primary amides is 1. The molecule has 0 aromatic heterocycles. The van der Waals surface area contributed by atoms with Crippen molar-refractivity contribution in [3.8, 4) is 0 Å². The Labute approximate surface area is 76.5 Å². The molecule has 1 saturated carbocycles. The van der Waals surface area contributed by atoms with Crippen molar-refractivity contribution in [1.82, 2.24) is 0 Å². The molecule has 0 heterocycles. The van der Waals surface area contributed by atoms with Crippen LogP contribution in [0.5, 0.6) is 0 Å². The van der Waals surface area contributed by atoms with Crippen LogP contribution in [0, 0.1) is 5.92 Å². The Hall–Kier alpha value is -1.26. The summed E-state index contributed by atoms with van der Waals surface area (Å²) in [5.74, 6) is 0.0912. The zero-order valence-corrected chi connectivity index (χ0v) is 7.40. The molecule has 4 N–H and O–H groups in total. The molecule has 0 saturated heterocycles. The van der Waals surface area contributed by atoms with Gasteiger partial charge in [-0.1, -0.05) is 19.3 Å². The number of hydrogen-bond acceptors (Lipinski definition) is 2. The Balaban J connectivity index is 0.000000310. The third kappa shape index (κ3) is 7.11. The molecule has 0 aromatic rings. The van der Waals surface area contributed by atoms with Crippen LogP contribution < -0.4 is 5.73 Å². The van der Waals surface area contributed by atoms with Gasteiger partial charge in [0.2, 0.25) is 5.91 Å². The van der Waals surface area contributed by atoms with E-state index in [9.17, 15) is 4.79 Å². The van der Waals surface area contributed by atoms with Gasteiger partial charge in [0.1, 0.15) is 0 Å². The lowest BCUT2D eigenvalue weighted by atomic mass is 9.89. The van der Waals surface area contributed by atoms with E-state index in [0.29, 0.717) is 0 Å². The van der Waals surface area contributed by atoms with E-state index >= 15 is 0 Å². The first-order valence-electron chi connectivity index (χ1n) is 4.25. The lowest BCUT2D eigenvalue weighted by molar-refractivity contribution is -0.122. The van der Waals surface area contributed by atoms with Crippen LogP contribution in [0.15, 0.2) is 0 Å². The quantitative estimate of drug-likeness (QED) is 0.578. The number of nitrogens with two attached hydrogens (primary N) is 1. The molecule has 0 aliphatic heterocycles. The van der Waals surface area contributed by atoms with E-state index in [2.05, 4.69) is 0 Å². The molecule has 0 atom stereocenters. The van der Waals surface area contributed by atoms with Gasteiger partial charge in [-0.25, -0.2) is 4.79 Å². The molecule has 0 aromatic carbocycles. The zero-order chi connectivity index (χ0) is 10.3. The maximum atomic E-state index is 10.6. The Morgan fingerprint density at radius 3 is 1.69 bits per heavy atom. The maximum absolute atomic E-state index is 10.6. The fourth-order valence-electron chi connectivity index (χ4n) is 1.39. The van der Waals surface area contributed by atoms with Crippen molar-refractivity contribution in [2.75, 3.05) is 0 Å². The van der Waals surface area contributed by atoms with Gasteiger partial charge in [0.15, 0.2) is 0 Å². The standard InChI is InChI=1S/C7H13NO.CH2O3/c8-7(9)6-4-2-1-3-5-6;2-1(3)4/h6H,1-5H2,(H2,8,9);(H2,2,3,4). The highest BCUT2D eigenvalue weighted by Gasteiger charge is 2.17. The van der Waals surface area contributed by atoms with E-state index in [1.807, 2.05) is 0 Å². The first-order chi connectivity index (χ1) is 6.04. The molecule has 13 heavy (non-hydrogen) atoms. The van der Waals surface area contributed by atoms with Crippen molar-refractivity contribution in [1.29, 1.82) is 0 Å². The summed E-state index contributed by atoms with van der Waals surface area (Å²) in [5.41, 5.74) is 5.13. The van der Waals surface area contributed by atoms with Crippen LogP contribution in [0.25, 0.3) is 0 Å². The molecule has 1 fully saturated rings. The molecule has 1 amide bonds. The third-order valence-electron chi connectivity index (χ3n) is 2.01. The Morgan fingerprint density at radius 1 is 1.08 bits per heavy atom. The van der Waals surface area contributed by atoms with Gasteiger partial charge in [0.25, 0.3) is 0 Å². The van der Waals surface area contributed by atoms with Gasteiger partial charge in [-0.05, 0) is 12.8 Å². The largest absolute Gasteiger partial charge is 0.503 e. The summed E-state index contributed by atoms with van der Waals surface area (Å²) in [6, 6.07) is 0. The minimum absolute atomic E-state index is 0.102. The number of rotatable bonds is 1. The van der Waals surface area contributed by atoms with Crippen molar-refractivity contribution in [3.63, 3.8) is 0 Å². The molecule has 76 valence electrons. The fourth-order valence-corrected chi connectivity index (χ4v) is 1.39. The number of carboxylic acid groups (broad SMARTS) is 2. The minimum atomic E-state index is -1.83. The normalized spacial score (nSPS) is 16.9.